The highest BCUT2D eigenvalue weighted by Crippen LogP contribution is 2.13. The Morgan fingerprint density at radius 2 is 2.56 bits per heavy atom. The minimum atomic E-state index is -0.477. The molecule has 4 nitrogen and oxygen atoms in total. The maximum Gasteiger partial charge on any atom is 0.322 e. The summed E-state index contributed by atoms with van der Waals surface area (Å²) in [6.07, 6.45) is 1.29. The van der Waals surface area contributed by atoms with Crippen LogP contribution < -0.4 is 5.73 Å². The highest BCUT2D eigenvalue weighted by Gasteiger charge is 2.25. The van der Waals surface area contributed by atoms with Crippen molar-refractivity contribution in [2.45, 2.75) is 0 Å². The summed E-state index contributed by atoms with van der Waals surface area (Å²) in [7, 11) is 0. The largest absolute Gasteiger partial charge is 0.481 e. The van der Waals surface area contributed by atoms with Gasteiger partial charge in [-0.3, -0.25) is 4.79 Å². The summed E-state index contributed by atoms with van der Waals surface area (Å²) >= 11 is 0. The summed E-state index contributed by atoms with van der Waals surface area (Å²) in [6, 6.07) is 0. The van der Waals surface area contributed by atoms with E-state index in [0.29, 0.717) is 0 Å². The first-order valence-corrected chi connectivity index (χ1v) is 2.56. The lowest BCUT2D eigenvalue weighted by Crippen LogP contribution is -2.18. The second-order valence-corrected chi connectivity index (χ2v) is 1.77. The summed E-state index contributed by atoms with van der Waals surface area (Å²) in [5, 5.41) is 8.56. The van der Waals surface area contributed by atoms with Gasteiger partial charge in [0.05, 0.1) is 5.92 Å². The minimum absolute atomic E-state index is 0.183. The first-order chi connectivity index (χ1) is 4.24. The van der Waals surface area contributed by atoms with Gasteiger partial charge in [-0.05, 0) is 0 Å². The molecular weight excluding hydrogens is 122 g/mol. The fourth-order valence-corrected chi connectivity index (χ4v) is 0.617. The van der Waals surface area contributed by atoms with Crippen molar-refractivity contribution >= 4 is 5.97 Å². The summed E-state index contributed by atoms with van der Waals surface area (Å²) in [4.78, 5) is 10.5. The number of nitrogens with two attached hydrogens (primary N) is 1. The van der Waals surface area contributed by atoms with Crippen molar-refractivity contribution in [2.24, 2.45) is 11.7 Å². The van der Waals surface area contributed by atoms with Crippen molar-refractivity contribution in [2.75, 3.05) is 6.54 Å². The van der Waals surface area contributed by atoms with E-state index in [2.05, 4.69) is 4.74 Å². The number of rotatable bonds is 1. The van der Waals surface area contributed by atoms with E-state index in [1.807, 2.05) is 0 Å². The van der Waals surface area contributed by atoms with Gasteiger partial charge in [0.25, 0.3) is 5.95 Å². The second-order valence-electron chi connectivity index (χ2n) is 1.77. The number of hydrogen-bond donors (Lipinski definition) is 2. The first kappa shape index (κ1) is 6.10. The van der Waals surface area contributed by atoms with E-state index < -0.39 is 11.9 Å². The molecule has 1 rings (SSSR count). The monoisotopic (exact) mass is 129 g/mol. The number of esters is 1. The van der Waals surface area contributed by atoms with Crippen LogP contribution in [0.3, 0.4) is 0 Å². The Kier molecular flexibility index (Phi) is 1.40. The van der Waals surface area contributed by atoms with Crippen LogP contribution in [0.15, 0.2) is 12.0 Å². The van der Waals surface area contributed by atoms with Gasteiger partial charge in [0.1, 0.15) is 0 Å². The summed E-state index contributed by atoms with van der Waals surface area (Å²) < 4.78 is 4.26. The van der Waals surface area contributed by atoms with Crippen LogP contribution in [0.1, 0.15) is 0 Å². The van der Waals surface area contributed by atoms with Gasteiger partial charge in [-0.25, -0.2) is 0 Å². The van der Waals surface area contributed by atoms with Gasteiger partial charge in [-0.1, -0.05) is 0 Å². The fraction of sp³-hybridized carbons (Fsp3) is 0.400. The van der Waals surface area contributed by atoms with Crippen molar-refractivity contribution in [3.8, 4) is 0 Å². The van der Waals surface area contributed by atoms with Crippen LogP contribution in [0.4, 0.5) is 0 Å². The zero-order valence-corrected chi connectivity index (χ0v) is 4.70. The van der Waals surface area contributed by atoms with Crippen LogP contribution >= 0.6 is 0 Å². The third-order valence-electron chi connectivity index (χ3n) is 1.11. The molecule has 0 bridgehead atoms. The van der Waals surface area contributed by atoms with Gasteiger partial charge >= 0.3 is 5.97 Å². The van der Waals surface area contributed by atoms with Crippen molar-refractivity contribution in [3.63, 3.8) is 0 Å². The summed E-state index contributed by atoms with van der Waals surface area (Å²) in [6.45, 7) is 0.183. The molecule has 50 valence electrons. The van der Waals surface area contributed by atoms with Crippen LogP contribution in [0.25, 0.3) is 0 Å². The molecule has 1 aliphatic heterocycles. The van der Waals surface area contributed by atoms with Crippen molar-refractivity contribution in [1.82, 2.24) is 0 Å². The molecule has 1 atom stereocenters. The van der Waals surface area contributed by atoms with Gasteiger partial charge < -0.3 is 15.6 Å². The molecule has 0 amide bonds. The molecule has 1 heterocycles. The normalized spacial score (nSPS) is 25.7. The van der Waals surface area contributed by atoms with Crippen molar-refractivity contribution < 1.29 is 14.6 Å². The van der Waals surface area contributed by atoms with Gasteiger partial charge in [-0.15, -0.1) is 0 Å². The first-order valence-electron chi connectivity index (χ1n) is 2.56. The predicted octanol–water partition coefficient (Wildman–Crippen LogP) is -0.483. The molecule has 1 aliphatic rings. The standard InChI is InChI=1S/C5H7NO3/c6-2-3-1-4(7)9-5(3)8/h1,3,7H,2,6H2. The Balaban J connectivity index is 2.64. The molecular formula is C5H7NO3. The smallest absolute Gasteiger partial charge is 0.322 e. The van der Waals surface area contributed by atoms with E-state index in [0.717, 1.165) is 0 Å². The maximum absolute atomic E-state index is 10.5. The zero-order valence-electron chi connectivity index (χ0n) is 4.70. The van der Waals surface area contributed by atoms with Gasteiger partial charge in [0.15, 0.2) is 0 Å². The molecule has 3 N–H and O–H groups in total. The van der Waals surface area contributed by atoms with Crippen LogP contribution in [0.5, 0.6) is 0 Å². The lowest BCUT2D eigenvalue weighted by Gasteiger charge is -1.95. The number of aliphatic hydroxyl groups is 1. The van der Waals surface area contributed by atoms with E-state index >= 15 is 0 Å². The Morgan fingerprint density at radius 1 is 1.89 bits per heavy atom. The van der Waals surface area contributed by atoms with Crippen LogP contribution in [-0.2, 0) is 9.53 Å². The Labute approximate surface area is 51.9 Å². The lowest BCUT2D eigenvalue weighted by atomic mass is 10.2. The van der Waals surface area contributed by atoms with E-state index in [1.165, 1.54) is 6.08 Å². The van der Waals surface area contributed by atoms with Gasteiger partial charge in [0.2, 0.25) is 0 Å². The van der Waals surface area contributed by atoms with Gasteiger partial charge in [0, 0.05) is 12.6 Å². The van der Waals surface area contributed by atoms with E-state index in [9.17, 15) is 4.79 Å². The molecule has 0 saturated carbocycles. The number of hydrogen-bond acceptors (Lipinski definition) is 4. The number of carbonyl (C=O) groups excluding carboxylic acids is 1. The third kappa shape index (κ3) is 1.02. The Morgan fingerprint density at radius 3 is 2.78 bits per heavy atom. The fourth-order valence-electron chi connectivity index (χ4n) is 0.617. The van der Waals surface area contributed by atoms with Crippen molar-refractivity contribution in [1.29, 1.82) is 0 Å². The van der Waals surface area contributed by atoms with Crippen LogP contribution in [0, 0.1) is 5.92 Å². The molecule has 9 heavy (non-hydrogen) atoms. The van der Waals surface area contributed by atoms with E-state index in [1.54, 1.807) is 0 Å². The summed E-state index contributed by atoms with van der Waals surface area (Å²) in [5.74, 6) is -1.27. The molecule has 0 radical (unpaired) electrons. The topological polar surface area (TPSA) is 72.6 Å². The molecule has 0 spiro atoms. The highest BCUT2D eigenvalue weighted by atomic mass is 16.6. The molecule has 0 saturated heterocycles. The molecule has 0 fully saturated rings. The quantitative estimate of drug-likeness (QED) is 0.469. The van der Waals surface area contributed by atoms with E-state index in [4.69, 9.17) is 10.8 Å². The molecule has 4 heteroatoms. The minimum Gasteiger partial charge on any atom is -0.481 e. The molecule has 0 aliphatic carbocycles. The Bertz CT molecular complexity index is 164. The average molecular weight is 129 g/mol. The molecule has 1 unspecified atom stereocenters. The van der Waals surface area contributed by atoms with Crippen molar-refractivity contribution in [3.05, 3.63) is 12.0 Å². The second kappa shape index (κ2) is 2.06. The molecule has 0 aromatic rings. The van der Waals surface area contributed by atoms with Gasteiger partial charge in [-0.2, -0.15) is 0 Å². The summed E-state index contributed by atoms with van der Waals surface area (Å²) in [5.41, 5.74) is 5.13. The lowest BCUT2D eigenvalue weighted by molar-refractivity contribution is -0.142. The number of cyclic esters (lactones) is 1. The van der Waals surface area contributed by atoms with E-state index in [-0.39, 0.29) is 12.5 Å². The molecule has 0 aromatic carbocycles. The number of aliphatic hydroxyl groups excluding tert-OH is 1. The third-order valence-corrected chi connectivity index (χ3v) is 1.11. The maximum atomic E-state index is 10.5. The average Bonchev–Trinajstić information content (AvgIpc) is 2.10. The van der Waals surface area contributed by atoms with Crippen LogP contribution in [-0.4, -0.2) is 17.6 Å². The Hall–Kier alpha value is -1.03. The highest BCUT2D eigenvalue weighted by molar-refractivity contribution is 5.78. The predicted molar refractivity (Wildman–Crippen MR) is 29.3 cm³/mol. The zero-order chi connectivity index (χ0) is 6.85. The van der Waals surface area contributed by atoms with Crippen LogP contribution in [0.2, 0.25) is 0 Å². The SMILES string of the molecule is NCC1C=C(O)OC1=O. The number of carbonyl (C=O) groups is 1. The molecule has 0 aromatic heterocycles. The number of ether oxygens (including phenoxy) is 1.